The second kappa shape index (κ2) is 9.50. The van der Waals surface area contributed by atoms with Gasteiger partial charge in [-0.1, -0.05) is 26.0 Å². The zero-order valence-corrected chi connectivity index (χ0v) is 17.9. The van der Waals surface area contributed by atoms with Gasteiger partial charge in [0.2, 0.25) is 5.91 Å². The molecule has 0 aliphatic carbocycles. The number of aromatic nitrogens is 4. The number of hydrogen-bond donors (Lipinski definition) is 3. The van der Waals surface area contributed by atoms with Crippen LogP contribution in [0.2, 0.25) is 0 Å². The summed E-state index contributed by atoms with van der Waals surface area (Å²) in [6, 6.07) is 4.90. The first kappa shape index (κ1) is 22.8. The van der Waals surface area contributed by atoms with Gasteiger partial charge in [-0.2, -0.15) is 14.6 Å². The molecule has 0 spiro atoms. The van der Waals surface area contributed by atoms with E-state index in [4.69, 9.17) is 5.73 Å². The number of primary amides is 1. The normalized spacial score (nSPS) is 12.0. The molecule has 3 rings (SSSR count). The molecule has 0 saturated carbocycles. The zero-order valence-electron chi connectivity index (χ0n) is 17.9. The van der Waals surface area contributed by atoms with Gasteiger partial charge in [0.25, 0.3) is 17.6 Å². The Kier molecular flexibility index (Phi) is 6.76. The van der Waals surface area contributed by atoms with Crippen molar-refractivity contribution in [3.63, 3.8) is 0 Å². The number of amides is 3. The highest BCUT2D eigenvalue weighted by Gasteiger charge is 2.24. The van der Waals surface area contributed by atoms with E-state index in [0.29, 0.717) is 17.5 Å². The number of fused-ring (bicyclic) bond motifs is 1. The number of carbonyl (C=O) groups excluding carboxylic acids is 3. The largest absolute Gasteiger partial charge is 0.368 e. The highest BCUT2D eigenvalue weighted by molar-refractivity contribution is 5.99. The van der Waals surface area contributed by atoms with E-state index in [1.807, 2.05) is 13.8 Å². The maximum atomic E-state index is 13.4. The SMILES string of the molecule is Cc1cc(CNC(=O)c2cc(C(=O)N[C@H](CC(C)C)C(N)=O)n3ncnc3n2)ccc1F. The molecule has 0 unspecified atom stereocenters. The maximum Gasteiger partial charge on any atom is 0.270 e. The van der Waals surface area contributed by atoms with E-state index in [1.54, 1.807) is 19.1 Å². The van der Waals surface area contributed by atoms with Crippen LogP contribution in [-0.2, 0) is 11.3 Å². The molecule has 4 N–H and O–H groups in total. The summed E-state index contributed by atoms with van der Waals surface area (Å²) in [4.78, 5) is 45.4. The summed E-state index contributed by atoms with van der Waals surface area (Å²) in [7, 11) is 0. The van der Waals surface area contributed by atoms with Gasteiger partial charge in [-0.25, -0.2) is 9.37 Å². The van der Waals surface area contributed by atoms with Crippen molar-refractivity contribution in [1.82, 2.24) is 30.2 Å². The third-order valence-corrected chi connectivity index (χ3v) is 4.75. The van der Waals surface area contributed by atoms with Crippen LogP contribution in [0.3, 0.4) is 0 Å². The van der Waals surface area contributed by atoms with Gasteiger partial charge in [0.15, 0.2) is 0 Å². The molecule has 11 heteroatoms. The lowest BCUT2D eigenvalue weighted by Gasteiger charge is -2.17. The van der Waals surface area contributed by atoms with Crippen molar-refractivity contribution in [3.05, 3.63) is 58.9 Å². The molecule has 3 amide bonds. The fourth-order valence-electron chi connectivity index (χ4n) is 3.13. The molecule has 3 aromatic rings. The number of carbonyl (C=O) groups is 3. The van der Waals surface area contributed by atoms with Crippen LogP contribution < -0.4 is 16.4 Å². The number of nitrogens with two attached hydrogens (primary N) is 1. The summed E-state index contributed by atoms with van der Waals surface area (Å²) < 4.78 is 14.6. The van der Waals surface area contributed by atoms with Crippen molar-refractivity contribution in [2.75, 3.05) is 0 Å². The molecule has 2 aromatic heterocycles. The van der Waals surface area contributed by atoms with Crippen LogP contribution in [0.1, 0.15) is 52.4 Å². The fourth-order valence-corrected chi connectivity index (χ4v) is 3.13. The van der Waals surface area contributed by atoms with Gasteiger partial charge in [-0.3, -0.25) is 14.4 Å². The number of nitrogens with one attached hydrogen (secondary N) is 2. The van der Waals surface area contributed by atoms with Crippen molar-refractivity contribution in [2.24, 2.45) is 11.7 Å². The van der Waals surface area contributed by atoms with E-state index in [1.165, 1.54) is 23.0 Å². The zero-order chi connectivity index (χ0) is 23.4. The number of nitrogens with zero attached hydrogens (tertiary/aromatic N) is 4. The Balaban J connectivity index is 1.83. The summed E-state index contributed by atoms with van der Waals surface area (Å²) in [5.41, 5.74) is 6.49. The lowest BCUT2D eigenvalue weighted by atomic mass is 10.0. The number of aryl methyl sites for hydroxylation is 1. The highest BCUT2D eigenvalue weighted by Crippen LogP contribution is 2.11. The van der Waals surface area contributed by atoms with Crippen molar-refractivity contribution >= 4 is 23.5 Å². The van der Waals surface area contributed by atoms with Gasteiger partial charge in [0, 0.05) is 12.6 Å². The standard InChI is InChI=1S/C21H24FN7O3/c1-11(2)6-15(18(23)30)27-20(32)17-8-16(28-21-25-10-26-29(17)21)19(31)24-9-13-4-5-14(22)12(3)7-13/h4-5,7-8,10-11,15H,6,9H2,1-3H3,(H2,23,30)(H,24,31)(H,27,32)/t15-/m1/s1. The van der Waals surface area contributed by atoms with Crippen molar-refractivity contribution in [2.45, 2.75) is 39.8 Å². The molecule has 0 radical (unpaired) electrons. The molecular weight excluding hydrogens is 417 g/mol. The molecule has 0 aliphatic rings. The molecule has 0 saturated heterocycles. The van der Waals surface area contributed by atoms with Gasteiger partial charge in [0.1, 0.15) is 29.6 Å². The Morgan fingerprint density at radius 1 is 1.19 bits per heavy atom. The Labute approximate surface area is 183 Å². The molecule has 32 heavy (non-hydrogen) atoms. The molecule has 0 aliphatic heterocycles. The van der Waals surface area contributed by atoms with E-state index in [-0.39, 0.29) is 35.4 Å². The lowest BCUT2D eigenvalue weighted by molar-refractivity contribution is -0.120. The van der Waals surface area contributed by atoms with Crippen LogP contribution in [0.4, 0.5) is 4.39 Å². The molecule has 0 bridgehead atoms. The summed E-state index contributed by atoms with van der Waals surface area (Å²) in [5, 5.41) is 9.23. The number of hydrogen-bond acceptors (Lipinski definition) is 6. The second-order valence-electron chi connectivity index (χ2n) is 7.82. The van der Waals surface area contributed by atoms with E-state index in [9.17, 15) is 18.8 Å². The quantitative estimate of drug-likeness (QED) is 0.478. The van der Waals surface area contributed by atoms with Gasteiger partial charge in [-0.05, 0) is 36.5 Å². The van der Waals surface area contributed by atoms with Crippen LogP contribution >= 0.6 is 0 Å². The minimum absolute atomic E-state index is 0.0229. The van der Waals surface area contributed by atoms with Gasteiger partial charge in [0.05, 0.1) is 0 Å². The van der Waals surface area contributed by atoms with Crippen LogP contribution in [-0.4, -0.2) is 43.3 Å². The Morgan fingerprint density at radius 3 is 2.59 bits per heavy atom. The molecule has 1 atom stereocenters. The minimum atomic E-state index is -0.881. The molecule has 1 aromatic carbocycles. The van der Waals surface area contributed by atoms with Crippen molar-refractivity contribution in [3.8, 4) is 0 Å². The lowest BCUT2D eigenvalue weighted by Crippen LogP contribution is -2.45. The van der Waals surface area contributed by atoms with Crippen molar-refractivity contribution in [1.29, 1.82) is 0 Å². The third-order valence-electron chi connectivity index (χ3n) is 4.75. The monoisotopic (exact) mass is 441 g/mol. The number of benzene rings is 1. The average Bonchev–Trinajstić information content (AvgIpc) is 3.21. The van der Waals surface area contributed by atoms with Crippen LogP contribution in [0, 0.1) is 18.7 Å². The molecular formula is C21H24FN7O3. The van der Waals surface area contributed by atoms with Crippen LogP contribution in [0.25, 0.3) is 5.78 Å². The summed E-state index contributed by atoms with van der Waals surface area (Å²) in [6.07, 6.45) is 1.55. The van der Waals surface area contributed by atoms with E-state index in [2.05, 4.69) is 25.7 Å². The summed E-state index contributed by atoms with van der Waals surface area (Å²) >= 11 is 0. The summed E-state index contributed by atoms with van der Waals surface area (Å²) in [6.45, 7) is 5.56. The van der Waals surface area contributed by atoms with E-state index >= 15 is 0 Å². The first-order valence-electron chi connectivity index (χ1n) is 10.00. The minimum Gasteiger partial charge on any atom is -0.368 e. The maximum absolute atomic E-state index is 13.4. The Morgan fingerprint density at radius 2 is 1.94 bits per heavy atom. The van der Waals surface area contributed by atoms with E-state index < -0.39 is 23.8 Å². The Hall–Kier alpha value is -3.89. The van der Waals surface area contributed by atoms with Crippen LogP contribution in [0.5, 0.6) is 0 Å². The number of halogens is 1. The second-order valence-corrected chi connectivity index (χ2v) is 7.82. The van der Waals surface area contributed by atoms with Gasteiger partial charge in [-0.15, -0.1) is 0 Å². The first-order chi connectivity index (χ1) is 15.2. The average molecular weight is 441 g/mol. The third kappa shape index (κ3) is 5.23. The highest BCUT2D eigenvalue weighted by atomic mass is 19.1. The number of rotatable bonds is 8. The molecule has 2 heterocycles. The Bertz CT molecular complexity index is 1180. The van der Waals surface area contributed by atoms with Gasteiger partial charge < -0.3 is 16.4 Å². The molecule has 10 nitrogen and oxygen atoms in total. The van der Waals surface area contributed by atoms with Gasteiger partial charge >= 0.3 is 0 Å². The van der Waals surface area contributed by atoms with E-state index in [0.717, 1.165) is 0 Å². The summed E-state index contributed by atoms with van der Waals surface area (Å²) in [5.74, 6) is -2.03. The predicted molar refractivity (Wildman–Crippen MR) is 113 cm³/mol. The first-order valence-corrected chi connectivity index (χ1v) is 10.00. The smallest absolute Gasteiger partial charge is 0.270 e. The van der Waals surface area contributed by atoms with Crippen molar-refractivity contribution < 1.29 is 18.8 Å². The molecule has 0 fully saturated rings. The van der Waals surface area contributed by atoms with Crippen LogP contribution in [0.15, 0.2) is 30.6 Å². The molecule has 168 valence electrons. The topological polar surface area (TPSA) is 144 Å². The predicted octanol–water partition coefficient (Wildman–Crippen LogP) is 1.13. The fraction of sp³-hybridized carbons (Fsp3) is 0.333.